The van der Waals surface area contributed by atoms with Crippen molar-refractivity contribution in [2.45, 2.75) is 46.5 Å². The number of anilines is 1. The number of carbonyl (C=O) groups is 2. The van der Waals surface area contributed by atoms with E-state index in [1.54, 1.807) is 31.2 Å². The van der Waals surface area contributed by atoms with E-state index in [1.807, 2.05) is 19.9 Å². The van der Waals surface area contributed by atoms with Crippen molar-refractivity contribution in [2.24, 2.45) is 5.92 Å². The van der Waals surface area contributed by atoms with E-state index < -0.39 is 11.5 Å². The molecule has 28 heavy (non-hydrogen) atoms. The quantitative estimate of drug-likeness (QED) is 0.667. The van der Waals surface area contributed by atoms with Crippen molar-refractivity contribution < 1.29 is 14.3 Å². The van der Waals surface area contributed by atoms with Crippen LogP contribution in [0.1, 0.15) is 56.9 Å². The summed E-state index contributed by atoms with van der Waals surface area (Å²) in [5.74, 6) is -1.08. The summed E-state index contributed by atoms with van der Waals surface area (Å²) in [7, 11) is 0. The summed E-state index contributed by atoms with van der Waals surface area (Å²) < 4.78 is 6.19. The Hall–Kier alpha value is -2.96. The average Bonchev–Trinajstić information content (AvgIpc) is 2.68. The largest absolute Gasteiger partial charge is 0.461 e. The van der Waals surface area contributed by atoms with Crippen LogP contribution in [0.5, 0.6) is 0 Å². The molecule has 0 bridgehead atoms. The normalized spacial score (nSPS) is 10.7. The summed E-state index contributed by atoms with van der Waals surface area (Å²) in [5, 5.41) is 6.90. The molecule has 150 valence electrons. The van der Waals surface area contributed by atoms with Gasteiger partial charge in [0.05, 0.1) is 18.0 Å². The van der Waals surface area contributed by atoms with E-state index in [-0.39, 0.29) is 29.8 Å². The molecule has 7 heteroatoms. The maximum atomic E-state index is 12.7. The number of hydrogen-bond donors (Lipinski definition) is 1. The summed E-state index contributed by atoms with van der Waals surface area (Å²) >= 11 is 0. The van der Waals surface area contributed by atoms with Crippen molar-refractivity contribution in [3.05, 3.63) is 52.4 Å². The van der Waals surface area contributed by atoms with E-state index >= 15 is 0 Å². The van der Waals surface area contributed by atoms with Gasteiger partial charge in [0.15, 0.2) is 5.69 Å². The minimum atomic E-state index is -0.690. The van der Waals surface area contributed by atoms with Crippen LogP contribution in [-0.4, -0.2) is 28.3 Å². The molecule has 0 radical (unpaired) electrons. The second-order valence-electron chi connectivity index (χ2n) is 6.48. The third-order valence-corrected chi connectivity index (χ3v) is 4.30. The van der Waals surface area contributed by atoms with Gasteiger partial charge in [0.1, 0.15) is 0 Å². The lowest BCUT2D eigenvalue weighted by Crippen LogP contribution is -2.29. The van der Waals surface area contributed by atoms with Gasteiger partial charge in [-0.15, -0.1) is 0 Å². The minimum Gasteiger partial charge on any atom is -0.461 e. The maximum Gasteiger partial charge on any atom is 0.360 e. The molecule has 2 rings (SSSR count). The van der Waals surface area contributed by atoms with E-state index in [9.17, 15) is 14.4 Å². The number of hydrogen-bond acceptors (Lipinski definition) is 5. The molecule has 1 N–H and O–H groups in total. The van der Waals surface area contributed by atoms with Crippen LogP contribution in [0, 0.1) is 5.92 Å². The van der Waals surface area contributed by atoms with E-state index in [1.165, 1.54) is 6.07 Å². The number of amides is 1. The molecule has 0 unspecified atom stereocenters. The van der Waals surface area contributed by atoms with Crippen molar-refractivity contribution in [2.75, 3.05) is 11.9 Å². The van der Waals surface area contributed by atoms with Gasteiger partial charge in [-0.2, -0.15) is 9.78 Å². The summed E-state index contributed by atoms with van der Waals surface area (Å²) in [6.07, 6.45) is 3.22. The van der Waals surface area contributed by atoms with Crippen molar-refractivity contribution >= 4 is 17.6 Å². The first-order chi connectivity index (χ1) is 13.5. The van der Waals surface area contributed by atoms with Gasteiger partial charge in [0.2, 0.25) is 5.91 Å². The first-order valence-corrected chi connectivity index (χ1v) is 9.69. The highest BCUT2D eigenvalue weighted by Gasteiger charge is 2.23. The van der Waals surface area contributed by atoms with Crippen LogP contribution in [0.25, 0.3) is 5.69 Å². The van der Waals surface area contributed by atoms with Crippen molar-refractivity contribution in [3.63, 3.8) is 0 Å². The van der Waals surface area contributed by atoms with Gasteiger partial charge in [-0.05, 0) is 31.9 Å². The summed E-state index contributed by atoms with van der Waals surface area (Å²) in [4.78, 5) is 37.7. The molecule has 0 atom stereocenters. The first kappa shape index (κ1) is 21.3. The van der Waals surface area contributed by atoms with Crippen molar-refractivity contribution in [1.82, 2.24) is 9.78 Å². The Balaban J connectivity index is 2.45. The maximum absolute atomic E-state index is 12.7. The zero-order valence-corrected chi connectivity index (χ0v) is 16.6. The average molecular weight is 385 g/mol. The molecule has 1 amide bonds. The number of para-hydroxylation sites is 1. The Morgan fingerprint density at radius 3 is 2.32 bits per heavy atom. The van der Waals surface area contributed by atoms with Gasteiger partial charge in [-0.3, -0.25) is 9.59 Å². The molecule has 1 aromatic heterocycles. The Labute approximate surface area is 164 Å². The Morgan fingerprint density at radius 1 is 1.11 bits per heavy atom. The monoisotopic (exact) mass is 385 g/mol. The second kappa shape index (κ2) is 10.4. The second-order valence-corrected chi connectivity index (χ2v) is 6.48. The van der Waals surface area contributed by atoms with Gasteiger partial charge in [-0.1, -0.05) is 44.9 Å². The van der Waals surface area contributed by atoms with E-state index in [2.05, 4.69) is 10.4 Å². The fraction of sp³-hybridized carbons (Fsp3) is 0.429. The molecule has 0 aliphatic rings. The number of esters is 1. The molecule has 0 fully saturated rings. The number of ether oxygens (including phenoxy) is 1. The third-order valence-electron chi connectivity index (χ3n) is 4.30. The molecular weight excluding hydrogens is 358 g/mol. The molecule has 1 heterocycles. The molecule has 0 saturated carbocycles. The van der Waals surface area contributed by atoms with Crippen LogP contribution in [0.3, 0.4) is 0 Å². The van der Waals surface area contributed by atoms with Crippen LogP contribution in [0.2, 0.25) is 0 Å². The van der Waals surface area contributed by atoms with Gasteiger partial charge in [-0.25, -0.2) is 4.79 Å². The molecule has 2 aromatic rings. The van der Waals surface area contributed by atoms with E-state index in [0.29, 0.717) is 5.69 Å². The number of aromatic nitrogens is 2. The number of benzene rings is 1. The zero-order chi connectivity index (χ0) is 20.5. The van der Waals surface area contributed by atoms with Gasteiger partial charge in [0, 0.05) is 12.0 Å². The minimum absolute atomic E-state index is 0.0813. The smallest absolute Gasteiger partial charge is 0.360 e. The lowest BCUT2D eigenvalue weighted by atomic mass is 9.97. The standard InChI is InChI=1S/C21H27N3O4/c1-4-10-15(11-5-2)20(26)22-17-14-18(25)24(16-12-8-7-9-13-16)23-19(17)21(27)28-6-3/h7-9,12-15H,4-6,10-11H2,1-3H3,(H,22,26). The number of nitrogens with one attached hydrogen (secondary N) is 1. The zero-order valence-electron chi connectivity index (χ0n) is 16.6. The number of nitrogens with zero attached hydrogens (tertiary/aromatic N) is 2. The lowest BCUT2D eigenvalue weighted by molar-refractivity contribution is -0.120. The fourth-order valence-corrected chi connectivity index (χ4v) is 2.99. The molecule has 1 aromatic carbocycles. The van der Waals surface area contributed by atoms with Crippen LogP contribution in [0.4, 0.5) is 5.69 Å². The van der Waals surface area contributed by atoms with Crippen molar-refractivity contribution in [1.29, 1.82) is 0 Å². The Bertz CT molecular complexity index is 856. The SMILES string of the molecule is CCCC(CCC)C(=O)Nc1cc(=O)n(-c2ccccc2)nc1C(=O)OCC. The first-order valence-electron chi connectivity index (χ1n) is 9.69. The highest BCUT2D eigenvalue weighted by molar-refractivity contribution is 6.00. The highest BCUT2D eigenvalue weighted by atomic mass is 16.5. The van der Waals surface area contributed by atoms with Crippen molar-refractivity contribution in [3.8, 4) is 5.69 Å². The van der Waals surface area contributed by atoms with Crippen LogP contribution in [-0.2, 0) is 9.53 Å². The van der Waals surface area contributed by atoms with E-state index in [0.717, 1.165) is 30.4 Å². The predicted molar refractivity (Wildman–Crippen MR) is 108 cm³/mol. The van der Waals surface area contributed by atoms with Crippen LogP contribution < -0.4 is 10.9 Å². The Morgan fingerprint density at radius 2 is 1.75 bits per heavy atom. The third kappa shape index (κ3) is 5.28. The fourth-order valence-electron chi connectivity index (χ4n) is 2.99. The van der Waals surface area contributed by atoms with Gasteiger partial charge < -0.3 is 10.1 Å². The molecular formula is C21H27N3O4. The predicted octanol–water partition coefficient (Wildman–Crippen LogP) is 3.56. The lowest BCUT2D eigenvalue weighted by Gasteiger charge is -2.17. The van der Waals surface area contributed by atoms with Gasteiger partial charge >= 0.3 is 5.97 Å². The molecule has 0 saturated heterocycles. The molecule has 0 spiro atoms. The van der Waals surface area contributed by atoms with Gasteiger partial charge in [0.25, 0.3) is 5.56 Å². The Kier molecular flexibility index (Phi) is 7.92. The number of carbonyl (C=O) groups excluding carboxylic acids is 2. The summed E-state index contributed by atoms with van der Waals surface area (Å²) in [6.45, 7) is 5.87. The summed E-state index contributed by atoms with van der Waals surface area (Å²) in [5.41, 5.74) is 0.0612. The molecule has 0 aliphatic heterocycles. The van der Waals surface area contributed by atoms with E-state index in [4.69, 9.17) is 4.74 Å². The molecule has 0 aliphatic carbocycles. The van der Waals surface area contributed by atoms with Crippen LogP contribution >= 0.6 is 0 Å². The number of rotatable bonds is 9. The topological polar surface area (TPSA) is 90.3 Å². The molecule has 7 nitrogen and oxygen atoms in total. The summed E-state index contributed by atoms with van der Waals surface area (Å²) in [6, 6.07) is 9.99. The highest BCUT2D eigenvalue weighted by Crippen LogP contribution is 2.19. The van der Waals surface area contributed by atoms with Crippen LogP contribution in [0.15, 0.2) is 41.2 Å².